The number of carbonyl (C=O) groups is 2. The minimum atomic E-state index is -0.564. The highest BCUT2D eigenvalue weighted by Crippen LogP contribution is 2.30. The molecule has 2 aliphatic rings. The molecule has 5 nitrogen and oxygen atoms in total. The van der Waals surface area contributed by atoms with E-state index in [1.807, 2.05) is 30.0 Å². The number of aryl methyl sites for hydroxylation is 1. The van der Waals surface area contributed by atoms with Crippen LogP contribution in [0.15, 0.2) is 42.5 Å². The summed E-state index contributed by atoms with van der Waals surface area (Å²) in [5, 5.41) is 0.695. The lowest BCUT2D eigenvalue weighted by atomic mass is 10.1. The van der Waals surface area contributed by atoms with Crippen molar-refractivity contribution in [3.05, 3.63) is 58.9 Å². The van der Waals surface area contributed by atoms with Crippen LogP contribution in [-0.4, -0.2) is 48.9 Å². The first-order chi connectivity index (χ1) is 13.5. The lowest BCUT2D eigenvalue weighted by Crippen LogP contribution is -2.52. The molecule has 2 heterocycles. The van der Waals surface area contributed by atoms with E-state index in [1.165, 1.54) is 12.1 Å². The third-order valence-corrected chi connectivity index (χ3v) is 5.72. The lowest BCUT2D eigenvalue weighted by molar-refractivity contribution is -0.123. The summed E-state index contributed by atoms with van der Waals surface area (Å²) in [6.45, 7) is 4.82. The predicted octanol–water partition coefficient (Wildman–Crippen LogP) is 3.24. The number of rotatable bonds is 3. The van der Waals surface area contributed by atoms with E-state index in [0.29, 0.717) is 18.1 Å². The molecule has 0 bridgehead atoms. The summed E-state index contributed by atoms with van der Waals surface area (Å²) in [6.07, 6.45) is 0.0867. The number of carbonyl (C=O) groups excluding carboxylic acids is 2. The molecule has 2 saturated heterocycles. The molecule has 0 unspecified atom stereocenters. The molecule has 0 aliphatic carbocycles. The fourth-order valence-electron chi connectivity index (χ4n) is 3.99. The van der Waals surface area contributed by atoms with Crippen LogP contribution in [0, 0.1) is 12.7 Å². The zero-order valence-electron chi connectivity index (χ0n) is 15.6. The van der Waals surface area contributed by atoms with E-state index in [4.69, 9.17) is 11.6 Å². The Bertz CT molecular complexity index is 928. The molecule has 4 rings (SSSR count). The van der Waals surface area contributed by atoms with E-state index in [0.717, 1.165) is 29.2 Å². The van der Waals surface area contributed by atoms with Gasteiger partial charge < -0.3 is 4.90 Å². The van der Waals surface area contributed by atoms with E-state index < -0.39 is 11.9 Å². The number of imide groups is 1. The van der Waals surface area contributed by atoms with Crippen molar-refractivity contribution in [2.45, 2.75) is 19.4 Å². The largest absolute Gasteiger partial charge is 0.369 e. The maximum Gasteiger partial charge on any atom is 0.251 e. The summed E-state index contributed by atoms with van der Waals surface area (Å²) in [5.41, 5.74) is 2.28. The molecule has 2 aliphatic heterocycles. The van der Waals surface area contributed by atoms with E-state index >= 15 is 0 Å². The second-order valence-corrected chi connectivity index (χ2v) is 7.63. The summed E-state index contributed by atoms with van der Waals surface area (Å²) >= 11 is 6.14. The highest BCUT2D eigenvalue weighted by molar-refractivity contribution is 6.30. The van der Waals surface area contributed by atoms with E-state index in [9.17, 15) is 14.0 Å². The summed E-state index contributed by atoms with van der Waals surface area (Å²) < 4.78 is 14.1. The molecule has 28 heavy (non-hydrogen) atoms. The van der Waals surface area contributed by atoms with Crippen LogP contribution in [0.2, 0.25) is 5.02 Å². The third kappa shape index (κ3) is 3.38. The first-order valence-corrected chi connectivity index (χ1v) is 9.70. The first kappa shape index (κ1) is 18.9. The average molecular weight is 402 g/mol. The van der Waals surface area contributed by atoms with Crippen LogP contribution in [0.3, 0.4) is 0 Å². The highest BCUT2D eigenvalue weighted by Gasteiger charge is 2.44. The second kappa shape index (κ2) is 7.53. The standard InChI is InChI=1S/C21H21ClFN3O2/c1-14-6-7-15(22)12-18(14)24-8-10-25(11-9-24)19-13-20(27)26(21(19)28)17-5-3-2-4-16(17)23/h2-7,12,19H,8-11,13H2,1H3/t19-/m1/s1. The molecule has 0 aromatic heterocycles. The van der Waals surface area contributed by atoms with Crippen LogP contribution in [-0.2, 0) is 9.59 Å². The topological polar surface area (TPSA) is 43.9 Å². The predicted molar refractivity (Wildman–Crippen MR) is 107 cm³/mol. The molecule has 0 N–H and O–H groups in total. The van der Waals surface area contributed by atoms with E-state index in [-0.39, 0.29) is 23.9 Å². The van der Waals surface area contributed by atoms with Gasteiger partial charge in [-0.15, -0.1) is 0 Å². The van der Waals surface area contributed by atoms with Crippen LogP contribution in [0.5, 0.6) is 0 Å². The zero-order chi connectivity index (χ0) is 19.8. The van der Waals surface area contributed by atoms with E-state index in [1.54, 1.807) is 12.1 Å². The Morgan fingerprint density at radius 1 is 1.00 bits per heavy atom. The quantitative estimate of drug-likeness (QED) is 0.741. The van der Waals surface area contributed by atoms with Crippen molar-refractivity contribution in [2.24, 2.45) is 0 Å². The molecule has 0 saturated carbocycles. The van der Waals surface area contributed by atoms with Gasteiger partial charge in [0.25, 0.3) is 5.91 Å². The van der Waals surface area contributed by atoms with Crippen molar-refractivity contribution in [1.82, 2.24) is 4.90 Å². The molecule has 2 fully saturated rings. The molecule has 7 heteroatoms. The molecule has 2 amide bonds. The summed E-state index contributed by atoms with van der Waals surface area (Å²) in [4.78, 5) is 30.6. The second-order valence-electron chi connectivity index (χ2n) is 7.19. The van der Waals surface area contributed by atoms with Crippen LogP contribution < -0.4 is 9.80 Å². The highest BCUT2D eigenvalue weighted by atomic mass is 35.5. The van der Waals surface area contributed by atoms with Gasteiger partial charge in [0.15, 0.2) is 0 Å². The third-order valence-electron chi connectivity index (χ3n) is 5.48. The van der Waals surface area contributed by atoms with Crippen molar-refractivity contribution < 1.29 is 14.0 Å². The van der Waals surface area contributed by atoms with Crippen LogP contribution in [0.1, 0.15) is 12.0 Å². The fraction of sp³-hybridized carbons (Fsp3) is 0.333. The summed E-state index contributed by atoms with van der Waals surface area (Å²) in [7, 11) is 0. The Morgan fingerprint density at radius 2 is 1.71 bits per heavy atom. The number of para-hydroxylation sites is 1. The Morgan fingerprint density at radius 3 is 2.43 bits per heavy atom. The maximum absolute atomic E-state index is 14.1. The van der Waals surface area contributed by atoms with Gasteiger partial charge in [-0.2, -0.15) is 0 Å². The van der Waals surface area contributed by atoms with Gasteiger partial charge in [-0.3, -0.25) is 14.5 Å². The Kier molecular flexibility index (Phi) is 5.08. The number of anilines is 2. The fourth-order valence-corrected chi connectivity index (χ4v) is 4.15. The summed E-state index contributed by atoms with van der Waals surface area (Å²) in [5.74, 6) is -1.26. The van der Waals surface area contributed by atoms with Gasteiger partial charge >= 0.3 is 0 Å². The van der Waals surface area contributed by atoms with Crippen molar-refractivity contribution in [3.8, 4) is 0 Å². The number of halogens is 2. The van der Waals surface area contributed by atoms with Crippen LogP contribution in [0.25, 0.3) is 0 Å². The molecular formula is C21H21ClFN3O2. The molecule has 2 aromatic rings. The molecule has 2 aromatic carbocycles. The van der Waals surface area contributed by atoms with Gasteiger partial charge in [0.1, 0.15) is 5.82 Å². The van der Waals surface area contributed by atoms with Crippen LogP contribution in [0.4, 0.5) is 15.8 Å². The van der Waals surface area contributed by atoms with Gasteiger partial charge in [-0.05, 0) is 36.8 Å². The van der Waals surface area contributed by atoms with Gasteiger partial charge in [0.2, 0.25) is 5.91 Å². The minimum absolute atomic E-state index is 0.0354. The Hall–Kier alpha value is -2.44. The number of piperazine rings is 1. The lowest BCUT2D eigenvalue weighted by Gasteiger charge is -2.38. The molecule has 146 valence electrons. The van der Waals surface area contributed by atoms with Crippen molar-refractivity contribution in [2.75, 3.05) is 36.0 Å². The number of nitrogens with zero attached hydrogens (tertiary/aromatic N) is 3. The van der Waals surface area contributed by atoms with Gasteiger partial charge in [0, 0.05) is 36.9 Å². The van der Waals surface area contributed by atoms with Crippen molar-refractivity contribution in [3.63, 3.8) is 0 Å². The first-order valence-electron chi connectivity index (χ1n) is 9.32. The van der Waals surface area contributed by atoms with Gasteiger partial charge in [0.05, 0.1) is 18.2 Å². The number of hydrogen-bond donors (Lipinski definition) is 0. The number of benzene rings is 2. The summed E-state index contributed by atoms with van der Waals surface area (Å²) in [6, 6.07) is 11.2. The molecular weight excluding hydrogens is 381 g/mol. The van der Waals surface area contributed by atoms with Gasteiger partial charge in [-0.1, -0.05) is 29.8 Å². The normalized spacial score (nSPS) is 20.9. The average Bonchev–Trinajstić information content (AvgIpc) is 2.99. The monoisotopic (exact) mass is 401 g/mol. The maximum atomic E-state index is 14.1. The van der Waals surface area contributed by atoms with E-state index in [2.05, 4.69) is 4.90 Å². The SMILES string of the molecule is Cc1ccc(Cl)cc1N1CCN([C@@H]2CC(=O)N(c3ccccc3F)C2=O)CC1. The Labute approximate surface area is 168 Å². The van der Waals surface area contributed by atoms with Gasteiger partial charge in [-0.25, -0.2) is 9.29 Å². The van der Waals surface area contributed by atoms with Crippen LogP contribution >= 0.6 is 11.6 Å². The number of hydrogen-bond acceptors (Lipinski definition) is 4. The Balaban J connectivity index is 1.47. The van der Waals surface area contributed by atoms with Crippen molar-refractivity contribution in [1.29, 1.82) is 0 Å². The molecule has 1 atom stereocenters. The molecule has 0 radical (unpaired) electrons. The zero-order valence-corrected chi connectivity index (χ0v) is 16.3. The molecule has 0 spiro atoms. The smallest absolute Gasteiger partial charge is 0.251 e. The van der Waals surface area contributed by atoms with Crippen molar-refractivity contribution >= 4 is 34.8 Å². The minimum Gasteiger partial charge on any atom is -0.369 e. The number of amides is 2.